The molecule has 8 nitrogen and oxygen atoms in total. The van der Waals surface area contributed by atoms with Gasteiger partial charge in [0.1, 0.15) is 17.2 Å². The second-order valence-corrected chi connectivity index (χ2v) is 7.14. The van der Waals surface area contributed by atoms with E-state index in [9.17, 15) is 4.79 Å². The molecular formula is C20H23N5O3. The Morgan fingerprint density at radius 1 is 1.25 bits per heavy atom. The van der Waals surface area contributed by atoms with Crippen LogP contribution in [0.15, 0.2) is 41.2 Å². The summed E-state index contributed by atoms with van der Waals surface area (Å²) in [5.41, 5.74) is 0.662. The molecule has 0 aliphatic carbocycles. The van der Waals surface area contributed by atoms with Crippen LogP contribution in [0.4, 0.5) is 5.82 Å². The van der Waals surface area contributed by atoms with Crippen LogP contribution in [0.2, 0.25) is 0 Å². The van der Waals surface area contributed by atoms with Gasteiger partial charge in [-0.1, -0.05) is 0 Å². The van der Waals surface area contributed by atoms with Crippen LogP contribution in [0.25, 0.3) is 11.0 Å². The molecule has 0 unspecified atom stereocenters. The highest BCUT2D eigenvalue weighted by Gasteiger charge is 2.34. The van der Waals surface area contributed by atoms with E-state index in [0.29, 0.717) is 36.7 Å². The van der Waals surface area contributed by atoms with Gasteiger partial charge in [-0.25, -0.2) is 9.97 Å². The van der Waals surface area contributed by atoms with Crippen LogP contribution in [0.5, 0.6) is 0 Å². The van der Waals surface area contributed by atoms with Crippen LogP contribution in [-0.2, 0) is 6.42 Å². The number of anilines is 1. The highest BCUT2D eigenvalue weighted by atomic mass is 16.3. The third-order valence-corrected chi connectivity index (χ3v) is 5.02. The molecule has 8 heteroatoms. The van der Waals surface area contributed by atoms with Crippen LogP contribution < -0.4 is 4.90 Å². The number of piperazine rings is 1. The molecule has 2 atom stereocenters. The average Bonchev–Trinajstić information content (AvgIpc) is 3.11. The Morgan fingerprint density at radius 2 is 2.04 bits per heavy atom. The number of carbonyl (C=O) groups excluding carboxylic acids is 1. The van der Waals surface area contributed by atoms with Crippen LogP contribution in [0.1, 0.15) is 30.2 Å². The van der Waals surface area contributed by atoms with Crippen molar-refractivity contribution >= 4 is 22.7 Å². The molecule has 3 aromatic rings. The van der Waals surface area contributed by atoms with Crippen LogP contribution in [0.3, 0.4) is 0 Å². The Kier molecular flexibility index (Phi) is 4.95. The number of nitrogens with zero attached hydrogens (tertiary/aromatic N) is 5. The normalized spacial score (nSPS) is 20.0. The van der Waals surface area contributed by atoms with Crippen molar-refractivity contribution in [2.24, 2.45) is 0 Å². The van der Waals surface area contributed by atoms with E-state index in [4.69, 9.17) is 9.52 Å². The average molecular weight is 381 g/mol. The predicted octanol–water partition coefficient (Wildman–Crippen LogP) is 1.89. The molecule has 4 heterocycles. The smallest absolute Gasteiger partial charge is 0.289 e. The number of hydrogen-bond acceptors (Lipinski definition) is 7. The van der Waals surface area contributed by atoms with E-state index in [2.05, 4.69) is 33.7 Å². The topological polar surface area (TPSA) is 95.6 Å². The number of carbonyl (C=O) groups is 1. The number of amides is 1. The molecule has 0 saturated carbocycles. The lowest BCUT2D eigenvalue weighted by Crippen LogP contribution is -2.58. The van der Waals surface area contributed by atoms with Crippen molar-refractivity contribution < 1.29 is 14.3 Å². The van der Waals surface area contributed by atoms with Gasteiger partial charge in [0.25, 0.3) is 5.91 Å². The van der Waals surface area contributed by atoms with Gasteiger partial charge >= 0.3 is 0 Å². The summed E-state index contributed by atoms with van der Waals surface area (Å²) in [4.78, 5) is 29.8. The molecule has 146 valence electrons. The summed E-state index contributed by atoms with van der Waals surface area (Å²) in [5, 5.41) is 9.95. The minimum Gasteiger partial charge on any atom is -0.451 e. The second kappa shape index (κ2) is 7.55. The molecule has 4 rings (SSSR count). The zero-order valence-corrected chi connectivity index (χ0v) is 15.9. The standard InChI is InChI=1S/C20H23N5O3/c1-13-11-24(20(27)17-9-15-10-21-6-3-16(15)28-17)12-14(2)25(13)19-4-7-22-18(23-19)5-8-26/h3-4,6-7,9-10,13-14,26H,5,8,11-12H2,1-2H3/t13-,14+. The maximum Gasteiger partial charge on any atom is 0.289 e. The van der Waals surface area contributed by atoms with Crippen molar-refractivity contribution in [1.82, 2.24) is 19.9 Å². The highest BCUT2D eigenvalue weighted by Crippen LogP contribution is 2.25. The van der Waals surface area contributed by atoms with E-state index in [0.717, 1.165) is 11.2 Å². The minimum atomic E-state index is -0.113. The van der Waals surface area contributed by atoms with Crippen LogP contribution in [-0.4, -0.2) is 62.6 Å². The summed E-state index contributed by atoms with van der Waals surface area (Å²) in [6, 6.07) is 5.54. The first-order valence-corrected chi connectivity index (χ1v) is 9.40. The summed E-state index contributed by atoms with van der Waals surface area (Å²) in [5.74, 6) is 1.66. The molecule has 0 aromatic carbocycles. The van der Waals surface area contributed by atoms with Gasteiger partial charge in [-0.3, -0.25) is 9.78 Å². The Bertz CT molecular complexity index is 944. The van der Waals surface area contributed by atoms with E-state index >= 15 is 0 Å². The van der Waals surface area contributed by atoms with Gasteiger partial charge in [-0.2, -0.15) is 0 Å². The molecule has 0 bridgehead atoms. The van der Waals surface area contributed by atoms with Crippen LogP contribution >= 0.6 is 0 Å². The molecule has 1 fully saturated rings. The molecule has 28 heavy (non-hydrogen) atoms. The Labute approximate surface area is 162 Å². The van der Waals surface area contributed by atoms with Gasteiger partial charge in [-0.15, -0.1) is 0 Å². The third-order valence-electron chi connectivity index (χ3n) is 5.02. The third kappa shape index (κ3) is 3.43. The fourth-order valence-electron chi connectivity index (χ4n) is 3.84. The zero-order valence-electron chi connectivity index (χ0n) is 15.9. The lowest BCUT2D eigenvalue weighted by molar-refractivity contribution is 0.0670. The molecule has 1 N–H and O–H groups in total. The summed E-state index contributed by atoms with van der Waals surface area (Å²) in [6.45, 7) is 5.30. The lowest BCUT2D eigenvalue weighted by Gasteiger charge is -2.44. The lowest BCUT2D eigenvalue weighted by atomic mass is 10.1. The zero-order chi connectivity index (χ0) is 19.7. The first-order valence-electron chi connectivity index (χ1n) is 9.40. The fraction of sp³-hybridized carbons (Fsp3) is 0.400. The Hall–Kier alpha value is -3.00. The molecule has 0 radical (unpaired) electrons. The molecule has 1 saturated heterocycles. The number of aromatic nitrogens is 3. The molecular weight excluding hydrogens is 358 g/mol. The number of furan rings is 1. The Morgan fingerprint density at radius 3 is 2.75 bits per heavy atom. The Balaban J connectivity index is 1.53. The van der Waals surface area contributed by atoms with E-state index in [-0.39, 0.29) is 24.6 Å². The molecule has 3 aromatic heterocycles. The van der Waals surface area contributed by atoms with Gasteiger partial charge in [-0.05, 0) is 32.0 Å². The summed E-state index contributed by atoms with van der Waals surface area (Å²) in [6.07, 6.45) is 5.48. The van der Waals surface area contributed by atoms with E-state index in [1.807, 2.05) is 11.0 Å². The fourth-order valence-corrected chi connectivity index (χ4v) is 3.84. The molecule has 1 aliphatic rings. The summed E-state index contributed by atoms with van der Waals surface area (Å²) < 4.78 is 5.72. The molecule has 1 aliphatic heterocycles. The number of rotatable bonds is 4. The van der Waals surface area contributed by atoms with Gasteiger partial charge in [0.15, 0.2) is 5.76 Å². The van der Waals surface area contributed by atoms with Gasteiger partial charge < -0.3 is 19.3 Å². The van der Waals surface area contributed by atoms with Crippen molar-refractivity contribution in [3.05, 3.63) is 48.4 Å². The van der Waals surface area contributed by atoms with Crippen molar-refractivity contribution in [3.63, 3.8) is 0 Å². The summed E-state index contributed by atoms with van der Waals surface area (Å²) in [7, 11) is 0. The monoisotopic (exact) mass is 381 g/mol. The highest BCUT2D eigenvalue weighted by molar-refractivity contribution is 5.96. The number of fused-ring (bicyclic) bond motifs is 1. The van der Waals surface area contributed by atoms with Crippen LogP contribution in [0, 0.1) is 0 Å². The van der Waals surface area contributed by atoms with Crippen molar-refractivity contribution in [2.45, 2.75) is 32.4 Å². The molecule has 0 spiro atoms. The second-order valence-electron chi connectivity index (χ2n) is 7.14. The van der Waals surface area contributed by atoms with Crippen molar-refractivity contribution in [2.75, 3.05) is 24.6 Å². The number of pyridine rings is 1. The summed E-state index contributed by atoms with van der Waals surface area (Å²) >= 11 is 0. The van der Waals surface area contributed by atoms with Gasteiger partial charge in [0.05, 0.1) is 6.61 Å². The number of aliphatic hydroxyl groups is 1. The molecule has 1 amide bonds. The van der Waals surface area contributed by atoms with E-state index in [1.54, 1.807) is 30.7 Å². The van der Waals surface area contributed by atoms with Crippen molar-refractivity contribution in [1.29, 1.82) is 0 Å². The maximum absolute atomic E-state index is 13.0. The van der Waals surface area contributed by atoms with Gasteiger partial charge in [0, 0.05) is 55.6 Å². The minimum absolute atomic E-state index is 0.0177. The quantitative estimate of drug-likeness (QED) is 0.737. The first-order chi connectivity index (χ1) is 13.6. The number of aliphatic hydroxyl groups excluding tert-OH is 1. The largest absolute Gasteiger partial charge is 0.451 e. The van der Waals surface area contributed by atoms with Gasteiger partial charge in [0.2, 0.25) is 0 Å². The van der Waals surface area contributed by atoms with E-state index in [1.165, 1.54) is 0 Å². The first kappa shape index (κ1) is 18.4. The van der Waals surface area contributed by atoms with E-state index < -0.39 is 0 Å². The maximum atomic E-state index is 13.0. The SMILES string of the molecule is C[C@@H]1CN(C(=O)c2cc3cnccc3o2)C[C@H](C)N1c1ccnc(CCO)n1. The van der Waals surface area contributed by atoms with Crippen molar-refractivity contribution in [3.8, 4) is 0 Å². The predicted molar refractivity (Wildman–Crippen MR) is 104 cm³/mol. The number of hydrogen-bond donors (Lipinski definition) is 1.